The first-order chi connectivity index (χ1) is 17.0. The van der Waals surface area contributed by atoms with Gasteiger partial charge < -0.3 is 4.74 Å². The number of sulfone groups is 1. The number of fused-ring (bicyclic) bond motifs is 1. The summed E-state index contributed by atoms with van der Waals surface area (Å²) in [6.07, 6.45) is 2.50. The average Bonchev–Trinajstić information content (AvgIpc) is 2.84. The van der Waals surface area contributed by atoms with Gasteiger partial charge in [0.05, 0.1) is 4.90 Å². The van der Waals surface area contributed by atoms with Gasteiger partial charge in [0.2, 0.25) is 15.7 Å². The summed E-state index contributed by atoms with van der Waals surface area (Å²) in [5.74, 6) is 0.290. The third kappa shape index (κ3) is 5.03. The van der Waals surface area contributed by atoms with Crippen molar-refractivity contribution in [2.24, 2.45) is 0 Å². The molecule has 0 spiro atoms. The lowest BCUT2D eigenvalue weighted by Crippen LogP contribution is -2.19. The summed E-state index contributed by atoms with van der Waals surface area (Å²) in [5, 5.41) is 10.1. The SMILES string of the molecule is CC(C)(C)c1ccc(Oc2nc3ccccn3c(=O)c2C=C(C#N)S(=O)(=O)c2ccc(Cl)cc2)cc1. The Hall–Kier alpha value is -3.93. The first-order valence-corrected chi connectivity index (χ1v) is 12.8. The fourth-order valence-electron chi connectivity index (χ4n) is 3.46. The smallest absolute Gasteiger partial charge is 0.269 e. The predicted molar refractivity (Wildman–Crippen MR) is 139 cm³/mol. The van der Waals surface area contributed by atoms with Gasteiger partial charge in [0.15, 0.2) is 0 Å². The van der Waals surface area contributed by atoms with Crippen molar-refractivity contribution in [3.05, 3.63) is 104 Å². The number of nitrogens with zero attached hydrogens (tertiary/aromatic N) is 3. The Morgan fingerprint density at radius 3 is 2.33 bits per heavy atom. The van der Waals surface area contributed by atoms with Crippen LogP contribution in [0, 0.1) is 11.3 Å². The van der Waals surface area contributed by atoms with Gasteiger partial charge in [-0.25, -0.2) is 8.42 Å². The van der Waals surface area contributed by atoms with Crippen molar-refractivity contribution < 1.29 is 13.2 Å². The summed E-state index contributed by atoms with van der Waals surface area (Å²) >= 11 is 5.87. The maximum absolute atomic E-state index is 13.4. The van der Waals surface area contributed by atoms with E-state index in [0.717, 1.165) is 11.6 Å². The van der Waals surface area contributed by atoms with Crippen LogP contribution >= 0.6 is 11.6 Å². The standard InChI is InChI=1S/C27H22ClN3O4S/c1-27(2,3)18-7-11-20(12-8-18)35-25-23(26(32)31-15-5-4-6-24(31)30-25)16-22(17-29)36(33,34)21-13-9-19(28)10-14-21/h4-16H,1-3H3. The van der Waals surface area contributed by atoms with Gasteiger partial charge in [-0.05, 0) is 65.6 Å². The molecule has 0 aliphatic rings. The normalized spacial score (nSPS) is 12.4. The van der Waals surface area contributed by atoms with E-state index in [1.165, 1.54) is 34.9 Å². The van der Waals surface area contributed by atoms with E-state index in [0.29, 0.717) is 16.4 Å². The molecule has 36 heavy (non-hydrogen) atoms. The van der Waals surface area contributed by atoms with Crippen LogP contribution in [-0.4, -0.2) is 17.8 Å². The first-order valence-electron chi connectivity index (χ1n) is 10.9. The van der Waals surface area contributed by atoms with E-state index in [-0.39, 0.29) is 21.8 Å². The number of allylic oxidation sites excluding steroid dienone is 1. The number of rotatable bonds is 5. The molecule has 0 saturated heterocycles. The molecule has 0 bridgehead atoms. The minimum Gasteiger partial charge on any atom is -0.438 e. The Morgan fingerprint density at radius 2 is 1.72 bits per heavy atom. The molecule has 0 radical (unpaired) electrons. The summed E-state index contributed by atoms with van der Waals surface area (Å²) in [6.45, 7) is 6.26. The highest BCUT2D eigenvalue weighted by molar-refractivity contribution is 7.95. The van der Waals surface area contributed by atoms with Gasteiger partial charge in [0.25, 0.3) is 5.56 Å². The maximum atomic E-state index is 13.4. The van der Waals surface area contributed by atoms with Crippen molar-refractivity contribution in [3.63, 3.8) is 0 Å². The van der Waals surface area contributed by atoms with E-state index in [4.69, 9.17) is 16.3 Å². The van der Waals surface area contributed by atoms with Gasteiger partial charge >= 0.3 is 0 Å². The van der Waals surface area contributed by atoms with Crippen LogP contribution < -0.4 is 10.3 Å². The minimum atomic E-state index is -4.24. The van der Waals surface area contributed by atoms with Crippen molar-refractivity contribution in [2.45, 2.75) is 31.1 Å². The zero-order chi connectivity index (χ0) is 26.1. The third-order valence-corrected chi connectivity index (χ3v) is 7.40. The maximum Gasteiger partial charge on any atom is 0.269 e. The van der Waals surface area contributed by atoms with Gasteiger partial charge in [-0.15, -0.1) is 0 Å². The number of ether oxygens (including phenoxy) is 1. The van der Waals surface area contributed by atoms with Crippen molar-refractivity contribution in [1.29, 1.82) is 5.26 Å². The number of hydrogen-bond donors (Lipinski definition) is 0. The van der Waals surface area contributed by atoms with Crippen LogP contribution in [0.2, 0.25) is 5.02 Å². The molecule has 2 aromatic carbocycles. The number of hydrogen-bond acceptors (Lipinski definition) is 6. The summed E-state index contributed by atoms with van der Waals surface area (Å²) in [7, 11) is -4.24. The Kier molecular flexibility index (Phi) is 6.72. The van der Waals surface area contributed by atoms with Crippen LogP contribution in [0.1, 0.15) is 31.9 Å². The molecular formula is C27H22ClN3O4S. The first kappa shape index (κ1) is 25.2. The molecule has 0 saturated carbocycles. The van der Waals surface area contributed by atoms with E-state index in [1.807, 2.05) is 12.1 Å². The number of nitriles is 1. The largest absolute Gasteiger partial charge is 0.438 e. The minimum absolute atomic E-state index is 0.0653. The Bertz CT molecular complexity index is 1680. The van der Waals surface area contributed by atoms with Crippen LogP contribution in [-0.2, 0) is 15.3 Å². The lowest BCUT2D eigenvalue weighted by Gasteiger charge is -2.19. The topological polar surface area (TPSA) is 102 Å². The second kappa shape index (κ2) is 9.61. The molecule has 182 valence electrons. The molecule has 0 aliphatic heterocycles. The Balaban J connectivity index is 1.88. The highest BCUT2D eigenvalue weighted by Crippen LogP contribution is 2.29. The summed E-state index contributed by atoms with van der Waals surface area (Å²) in [6, 6.07) is 19.4. The molecule has 0 fully saturated rings. The van der Waals surface area contributed by atoms with E-state index < -0.39 is 20.3 Å². The fourth-order valence-corrected chi connectivity index (χ4v) is 4.73. The monoisotopic (exact) mass is 519 g/mol. The lowest BCUT2D eigenvalue weighted by molar-refractivity contribution is 0.460. The van der Waals surface area contributed by atoms with E-state index in [2.05, 4.69) is 25.8 Å². The molecule has 2 heterocycles. The Labute approximate surface area is 213 Å². The fraction of sp³-hybridized carbons (Fsp3) is 0.148. The zero-order valence-corrected chi connectivity index (χ0v) is 21.3. The second-order valence-electron chi connectivity index (χ2n) is 9.02. The van der Waals surface area contributed by atoms with E-state index in [9.17, 15) is 18.5 Å². The Morgan fingerprint density at radius 1 is 1.06 bits per heavy atom. The van der Waals surface area contributed by atoms with Crippen LogP contribution in [0.15, 0.2) is 87.5 Å². The van der Waals surface area contributed by atoms with Crippen molar-refractivity contribution in [2.75, 3.05) is 0 Å². The van der Waals surface area contributed by atoms with E-state index >= 15 is 0 Å². The van der Waals surface area contributed by atoms with Crippen LogP contribution in [0.4, 0.5) is 0 Å². The quantitative estimate of drug-likeness (QED) is 0.310. The molecule has 2 aromatic heterocycles. The molecular weight excluding hydrogens is 498 g/mol. The molecule has 4 aromatic rings. The van der Waals surface area contributed by atoms with E-state index in [1.54, 1.807) is 36.4 Å². The van der Waals surface area contributed by atoms with Gasteiger partial charge in [0.1, 0.15) is 27.9 Å². The van der Waals surface area contributed by atoms with Crippen LogP contribution in [0.5, 0.6) is 11.6 Å². The van der Waals surface area contributed by atoms with Gasteiger partial charge in [0, 0.05) is 11.2 Å². The number of benzene rings is 2. The van der Waals surface area contributed by atoms with Crippen molar-refractivity contribution >= 4 is 33.2 Å². The number of pyridine rings is 1. The van der Waals surface area contributed by atoms with Crippen molar-refractivity contribution in [1.82, 2.24) is 9.38 Å². The molecule has 0 aliphatic carbocycles. The van der Waals surface area contributed by atoms with Gasteiger partial charge in [-0.1, -0.05) is 50.6 Å². The summed E-state index contributed by atoms with van der Waals surface area (Å²) in [4.78, 5) is 17.0. The molecule has 4 rings (SSSR count). The molecule has 0 atom stereocenters. The number of aromatic nitrogens is 2. The molecule has 0 amide bonds. The third-order valence-electron chi connectivity index (χ3n) is 5.47. The molecule has 0 unspecified atom stereocenters. The van der Waals surface area contributed by atoms with Gasteiger partial charge in [-0.3, -0.25) is 9.20 Å². The number of halogens is 1. The summed E-state index contributed by atoms with van der Waals surface area (Å²) in [5.41, 5.74) is 0.570. The highest BCUT2D eigenvalue weighted by Gasteiger charge is 2.24. The van der Waals surface area contributed by atoms with Crippen molar-refractivity contribution in [3.8, 4) is 17.7 Å². The molecule has 9 heteroatoms. The molecule has 0 N–H and O–H groups in total. The van der Waals surface area contributed by atoms with Crippen LogP contribution in [0.25, 0.3) is 11.7 Å². The predicted octanol–water partition coefficient (Wildman–Crippen LogP) is 5.78. The summed E-state index contributed by atoms with van der Waals surface area (Å²) < 4.78 is 33.5. The lowest BCUT2D eigenvalue weighted by atomic mass is 9.87. The average molecular weight is 520 g/mol. The van der Waals surface area contributed by atoms with Gasteiger partial charge in [-0.2, -0.15) is 10.2 Å². The zero-order valence-electron chi connectivity index (χ0n) is 19.8. The highest BCUT2D eigenvalue weighted by atomic mass is 35.5. The second-order valence-corrected chi connectivity index (χ2v) is 11.4. The van der Waals surface area contributed by atoms with Crippen LogP contribution in [0.3, 0.4) is 0 Å². The molecule has 7 nitrogen and oxygen atoms in total.